The van der Waals surface area contributed by atoms with Crippen LogP contribution in [0.2, 0.25) is 0 Å². The van der Waals surface area contributed by atoms with Crippen LogP contribution in [0.1, 0.15) is 32.1 Å². The van der Waals surface area contributed by atoms with Crippen LogP contribution in [0.15, 0.2) is 0 Å². The Labute approximate surface area is 98.8 Å². The molecule has 0 saturated heterocycles. The van der Waals surface area contributed by atoms with Crippen LogP contribution >= 0.6 is 0 Å². The van der Waals surface area contributed by atoms with E-state index in [0.717, 1.165) is 32.2 Å². The molecule has 94 valence electrons. The summed E-state index contributed by atoms with van der Waals surface area (Å²) < 4.78 is 0. The fourth-order valence-electron chi connectivity index (χ4n) is 2.19. The molecule has 0 aromatic heterocycles. The Morgan fingerprint density at radius 1 is 1.19 bits per heavy atom. The van der Waals surface area contributed by atoms with Gasteiger partial charge in [-0.3, -0.25) is 4.79 Å². The lowest BCUT2D eigenvalue weighted by molar-refractivity contribution is -0.132. The zero-order valence-electron chi connectivity index (χ0n) is 10.8. The maximum atomic E-state index is 11.9. The average Bonchev–Trinajstić information content (AvgIpc) is 2.26. The van der Waals surface area contributed by atoms with E-state index < -0.39 is 0 Å². The molecule has 0 bridgehead atoms. The molecule has 0 heterocycles. The number of carbonyl (C=O) groups is 1. The SMILES string of the molecule is CN(C)CCC(=O)N(C)C1CCC(N)CC1. The molecule has 0 spiro atoms. The summed E-state index contributed by atoms with van der Waals surface area (Å²) in [7, 11) is 5.92. The normalized spacial score (nSPS) is 25.8. The van der Waals surface area contributed by atoms with Gasteiger partial charge in [0, 0.05) is 32.1 Å². The fourth-order valence-corrected chi connectivity index (χ4v) is 2.19. The van der Waals surface area contributed by atoms with Gasteiger partial charge in [-0.05, 0) is 39.8 Å². The van der Waals surface area contributed by atoms with Crippen LogP contribution in [0.25, 0.3) is 0 Å². The van der Waals surface area contributed by atoms with Crippen molar-refractivity contribution >= 4 is 5.91 Å². The highest BCUT2D eigenvalue weighted by Gasteiger charge is 2.24. The van der Waals surface area contributed by atoms with Crippen molar-refractivity contribution in [2.75, 3.05) is 27.7 Å². The number of rotatable bonds is 4. The monoisotopic (exact) mass is 227 g/mol. The number of hydrogen-bond acceptors (Lipinski definition) is 3. The van der Waals surface area contributed by atoms with Gasteiger partial charge in [0.25, 0.3) is 0 Å². The Kier molecular flexibility index (Phi) is 5.22. The van der Waals surface area contributed by atoms with Crippen molar-refractivity contribution in [3.8, 4) is 0 Å². The Morgan fingerprint density at radius 3 is 2.25 bits per heavy atom. The van der Waals surface area contributed by atoms with Crippen molar-refractivity contribution in [2.45, 2.75) is 44.2 Å². The van der Waals surface area contributed by atoms with E-state index in [1.54, 1.807) is 0 Å². The van der Waals surface area contributed by atoms with Crippen molar-refractivity contribution in [1.29, 1.82) is 0 Å². The number of amides is 1. The van der Waals surface area contributed by atoms with E-state index in [1.807, 2.05) is 30.9 Å². The molecule has 1 fully saturated rings. The summed E-state index contributed by atoms with van der Waals surface area (Å²) in [4.78, 5) is 15.9. The van der Waals surface area contributed by atoms with Gasteiger partial charge in [0.2, 0.25) is 5.91 Å². The summed E-state index contributed by atoms with van der Waals surface area (Å²) in [5.74, 6) is 0.258. The minimum atomic E-state index is 0.258. The summed E-state index contributed by atoms with van der Waals surface area (Å²) in [6, 6.07) is 0.760. The smallest absolute Gasteiger partial charge is 0.223 e. The predicted octanol–water partition coefficient (Wildman–Crippen LogP) is 0.666. The van der Waals surface area contributed by atoms with Crippen LogP contribution in [-0.4, -0.2) is 55.5 Å². The largest absolute Gasteiger partial charge is 0.343 e. The first kappa shape index (κ1) is 13.5. The molecule has 2 N–H and O–H groups in total. The predicted molar refractivity (Wildman–Crippen MR) is 66.2 cm³/mol. The van der Waals surface area contributed by atoms with Gasteiger partial charge in [0.1, 0.15) is 0 Å². The van der Waals surface area contributed by atoms with Crippen LogP contribution in [0.4, 0.5) is 0 Å². The molecule has 0 aromatic carbocycles. The quantitative estimate of drug-likeness (QED) is 0.768. The topological polar surface area (TPSA) is 49.6 Å². The Bertz CT molecular complexity index is 222. The van der Waals surface area contributed by atoms with Crippen LogP contribution in [0.3, 0.4) is 0 Å². The van der Waals surface area contributed by atoms with Gasteiger partial charge in [-0.15, -0.1) is 0 Å². The van der Waals surface area contributed by atoms with Gasteiger partial charge in [-0.2, -0.15) is 0 Å². The molecular formula is C12H25N3O. The van der Waals surface area contributed by atoms with Gasteiger partial charge in [-0.1, -0.05) is 0 Å². The van der Waals surface area contributed by atoms with Crippen LogP contribution in [0.5, 0.6) is 0 Å². The van der Waals surface area contributed by atoms with Gasteiger partial charge in [0.05, 0.1) is 0 Å². The van der Waals surface area contributed by atoms with E-state index in [9.17, 15) is 4.79 Å². The molecule has 1 amide bonds. The third kappa shape index (κ3) is 4.10. The van der Waals surface area contributed by atoms with Crippen molar-refractivity contribution in [3.05, 3.63) is 0 Å². The zero-order chi connectivity index (χ0) is 12.1. The lowest BCUT2D eigenvalue weighted by Crippen LogP contribution is -2.42. The number of carbonyl (C=O) groups excluding carboxylic acids is 1. The van der Waals surface area contributed by atoms with Crippen molar-refractivity contribution in [1.82, 2.24) is 9.80 Å². The molecule has 0 aliphatic heterocycles. The van der Waals surface area contributed by atoms with Crippen LogP contribution < -0.4 is 5.73 Å². The molecule has 1 aliphatic rings. The van der Waals surface area contributed by atoms with Crippen LogP contribution in [0, 0.1) is 0 Å². The number of hydrogen-bond donors (Lipinski definition) is 1. The van der Waals surface area contributed by atoms with Gasteiger partial charge in [0.15, 0.2) is 0 Å². The molecule has 16 heavy (non-hydrogen) atoms. The highest BCUT2D eigenvalue weighted by molar-refractivity contribution is 5.76. The first-order valence-corrected chi connectivity index (χ1v) is 6.16. The zero-order valence-corrected chi connectivity index (χ0v) is 10.8. The second-order valence-electron chi connectivity index (χ2n) is 5.13. The molecule has 1 saturated carbocycles. The van der Waals surface area contributed by atoms with Gasteiger partial charge < -0.3 is 15.5 Å². The van der Waals surface area contributed by atoms with E-state index in [-0.39, 0.29) is 5.91 Å². The van der Waals surface area contributed by atoms with E-state index in [2.05, 4.69) is 0 Å². The summed E-state index contributed by atoms with van der Waals surface area (Å²) in [5, 5.41) is 0. The summed E-state index contributed by atoms with van der Waals surface area (Å²) in [6.45, 7) is 0.829. The molecule has 0 aromatic rings. The number of nitrogens with zero attached hydrogens (tertiary/aromatic N) is 2. The molecular weight excluding hydrogens is 202 g/mol. The maximum absolute atomic E-state index is 11.9. The Hall–Kier alpha value is -0.610. The first-order valence-electron chi connectivity index (χ1n) is 6.16. The van der Waals surface area contributed by atoms with Crippen LogP contribution in [-0.2, 0) is 4.79 Å². The first-order chi connectivity index (χ1) is 7.50. The van der Waals surface area contributed by atoms with Gasteiger partial charge in [-0.25, -0.2) is 0 Å². The molecule has 0 radical (unpaired) electrons. The lowest BCUT2D eigenvalue weighted by atomic mass is 9.91. The van der Waals surface area contributed by atoms with Crippen molar-refractivity contribution in [2.24, 2.45) is 5.73 Å². The Balaban J connectivity index is 2.32. The average molecular weight is 227 g/mol. The van der Waals surface area contributed by atoms with E-state index >= 15 is 0 Å². The highest BCUT2D eigenvalue weighted by Crippen LogP contribution is 2.21. The number of nitrogens with two attached hydrogens (primary N) is 1. The summed E-state index contributed by atoms with van der Waals surface area (Å²) in [5.41, 5.74) is 5.86. The van der Waals surface area contributed by atoms with Crippen molar-refractivity contribution in [3.63, 3.8) is 0 Å². The second kappa shape index (κ2) is 6.21. The summed E-state index contributed by atoms with van der Waals surface area (Å²) in [6.07, 6.45) is 4.84. The standard InChI is InChI=1S/C12H25N3O/c1-14(2)9-8-12(16)15(3)11-6-4-10(13)5-7-11/h10-11H,4-9,13H2,1-3H3. The molecule has 0 atom stereocenters. The highest BCUT2D eigenvalue weighted by atomic mass is 16.2. The summed E-state index contributed by atoms with van der Waals surface area (Å²) >= 11 is 0. The van der Waals surface area contributed by atoms with Gasteiger partial charge >= 0.3 is 0 Å². The Morgan fingerprint density at radius 2 is 1.75 bits per heavy atom. The third-order valence-electron chi connectivity index (χ3n) is 3.46. The van der Waals surface area contributed by atoms with E-state index in [0.29, 0.717) is 18.5 Å². The molecule has 4 heteroatoms. The minimum absolute atomic E-state index is 0.258. The maximum Gasteiger partial charge on any atom is 0.223 e. The minimum Gasteiger partial charge on any atom is -0.343 e. The van der Waals surface area contributed by atoms with E-state index in [4.69, 9.17) is 5.73 Å². The molecule has 1 rings (SSSR count). The molecule has 0 unspecified atom stereocenters. The lowest BCUT2D eigenvalue weighted by Gasteiger charge is -2.33. The van der Waals surface area contributed by atoms with Crippen molar-refractivity contribution < 1.29 is 4.79 Å². The van der Waals surface area contributed by atoms with E-state index in [1.165, 1.54) is 0 Å². The molecule has 4 nitrogen and oxygen atoms in total. The molecule has 1 aliphatic carbocycles. The third-order valence-corrected chi connectivity index (χ3v) is 3.46. The second-order valence-corrected chi connectivity index (χ2v) is 5.13. The fraction of sp³-hybridized carbons (Fsp3) is 0.917.